The van der Waals surface area contributed by atoms with Gasteiger partial charge in [0.25, 0.3) is 0 Å². The van der Waals surface area contributed by atoms with Gasteiger partial charge in [-0.2, -0.15) is 4.98 Å². The Hall–Kier alpha value is -2.59. The number of ether oxygens (including phenoxy) is 3. The lowest BCUT2D eigenvalue weighted by Gasteiger charge is -2.53. The summed E-state index contributed by atoms with van der Waals surface area (Å²) in [5.74, 6) is -1.08. The van der Waals surface area contributed by atoms with Crippen LogP contribution in [0.2, 0.25) is 10.1 Å². The van der Waals surface area contributed by atoms with Crippen LogP contribution in [-0.4, -0.2) is 71.7 Å². The Morgan fingerprint density at radius 2 is 1.77 bits per heavy atom. The summed E-state index contributed by atoms with van der Waals surface area (Å²) in [4.78, 5) is 47.8. The lowest BCUT2D eigenvalue weighted by molar-refractivity contribution is -0.162. The summed E-state index contributed by atoms with van der Waals surface area (Å²) in [5, 5.41) is 1.91. The number of carbonyl (C=O) groups is 2. The zero-order valence-electron chi connectivity index (χ0n) is 26.8. The van der Waals surface area contributed by atoms with Crippen molar-refractivity contribution in [2.24, 2.45) is 5.92 Å². The van der Waals surface area contributed by atoms with Gasteiger partial charge in [-0.05, 0) is 26.7 Å². The molecule has 2 aromatic rings. The number of esters is 1. The minimum Gasteiger partial charge on any atom is -0.453 e. The van der Waals surface area contributed by atoms with Crippen molar-refractivity contribution in [1.82, 2.24) is 19.9 Å². The van der Waals surface area contributed by atoms with Crippen molar-refractivity contribution in [3.8, 4) is 0 Å². The Bertz CT molecular complexity index is 1410. The normalized spacial score (nSPS) is 24.9. The molecule has 0 aliphatic carbocycles. The average molecular weight is 640 g/mol. The van der Waals surface area contributed by atoms with E-state index in [2.05, 4.69) is 56.8 Å². The SMILES string of the molecule is CC(C)[C@@H](NC(=O)OC(C)(C)C)C(=O)O[C@@H]1[C@H]2O[Si](C(C)(C)C)(C(C)(C)C)OC[C@H]2O[C@H]1n1c(=O)sc2cnc(N)nc21. The molecular formula is C28H45N5O8SSi. The van der Waals surface area contributed by atoms with Gasteiger partial charge in [0.05, 0.1) is 17.5 Å². The van der Waals surface area contributed by atoms with Gasteiger partial charge in [-0.15, -0.1) is 0 Å². The van der Waals surface area contributed by atoms with Crippen LogP contribution in [0.15, 0.2) is 11.0 Å². The molecule has 0 bridgehead atoms. The third-order valence-electron chi connectivity index (χ3n) is 7.49. The van der Waals surface area contributed by atoms with Gasteiger partial charge in [-0.3, -0.25) is 9.36 Å². The van der Waals surface area contributed by atoms with Crippen LogP contribution in [0.4, 0.5) is 10.7 Å². The molecule has 15 heteroatoms. The maximum absolute atomic E-state index is 13.8. The lowest BCUT2D eigenvalue weighted by Crippen LogP contribution is -2.65. The van der Waals surface area contributed by atoms with Crippen molar-refractivity contribution >= 4 is 48.3 Å². The summed E-state index contributed by atoms with van der Waals surface area (Å²) < 4.78 is 33.4. The van der Waals surface area contributed by atoms with E-state index in [1.165, 1.54) is 10.8 Å². The number of nitrogen functional groups attached to an aromatic ring is 1. The zero-order valence-corrected chi connectivity index (χ0v) is 28.7. The third kappa shape index (κ3) is 6.46. The topological polar surface area (TPSA) is 166 Å². The second-order valence-corrected chi connectivity index (χ2v) is 20.2. The number of thiazole rings is 1. The third-order valence-corrected chi connectivity index (χ3v) is 13.5. The van der Waals surface area contributed by atoms with E-state index in [-0.39, 0.29) is 39.1 Å². The monoisotopic (exact) mass is 639 g/mol. The van der Waals surface area contributed by atoms with Crippen LogP contribution in [0, 0.1) is 5.92 Å². The second kappa shape index (κ2) is 11.4. The maximum atomic E-state index is 13.8. The van der Waals surface area contributed by atoms with E-state index < -0.39 is 56.8 Å². The first-order valence-electron chi connectivity index (χ1n) is 14.5. The highest BCUT2D eigenvalue weighted by Crippen LogP contribution is 2.56. The Morgan fingerprint density at radius 1 is 1.14 bits per heavy atom. The Morgan fingerprint density at radius 3 is 2.33 bits per heavy atom. The zero-order chi connectivity index (χ0) is 32.3. The minimum atomic E-state index is -3.05. The molecule has 3 N–H and O–H groups in total. The number of nitrogens with one attached hydrogen (secondary N) is 1. The summed E-state index contributed by atoms with van der Waals surface area (Å²) in [6.07, 6.45) is -2.86. The fourth-order valence-electron chi connectivity index (χ4n) is 5.87. The number of hydrogen-bond donors (Lipinski definition) is 2. The van der Waals surface area contributed by atoms with Crippen molar-refractivity contribution in [2.45, 2.75) is 122 Å². The molecule has 5 atom stereocenters. The number of amides is 1. The molecule has 240 valence electrons. The van der Waals surface area contributed by atoms with Gasteiger partial charge < -0.3 is 34.1 Å². The highest BCUT2D eigenvalue weighted by Gasteiger charge is 2.66. The van der Waals surface area contributed by atoms with Gasteiger partial charge in [0.1, 0.15) is 23.9 Å². The predicted octanol–water partition coefficient (Wildman–Crippen LogP) is 4.25. The van der Waals surface area contributed by atoms with Crippen molar-refractivity contribution in [3.05, 3.63) is 15.9 Å². The number of nitrogens with zero attached hydrogens (tertiary/aromatic N) is 3. The first-order chi connectivity index (χ1) is 19.6. The number of fused-ring (bicyclic) bond motifs is 2. The van der Waals surface area contributed by atoms with Crippen molar-refractivity contribution in [2.75, 3.05) is 12.3 Å². The van der Waals surface area contributed by atoms with Crippen molar-refractivity contribution in [1.29, 1.82) is 0 Å². The van der Waals surface area contributed by atoms with Crippen LogP contribution in [-0.2, 0) is 27.9 Å². The van der Waals surface area contributed by atoms with Gasteiger partial charge in [-0.1, -0.05) is 66.7 Å². The molecule has 0 unspecified atom stereocenters. The molecule has 2 aliphatic heterocycles. The number of carbonyl (C=O) groups excluding carboxylic acids is 2. The Kier molecular flexibility index (Phi) is 8.83. The summed E-state index contributed by atoms with van der Waals surface area (Å²) in [7, 11) is -3.05. The predicted molar refractivity (Wildman–Crippen MR) is 164 cm³/mol. The molecule has 2 aliphatic rings. The molecule has 13 nitrogen and oxygen atoms in total. The van der Waals surface area contributed by atoms with Crippen LogP contribution < -0.4 is 15.9 Å². The Balaban J connectivity index is 1.77. The van der Waals surface area contributed by atoms with E-state index in [1.54, 1.807) is 34.6 Å². The van der Waals surface area contributed by atoms with Gasteiger partial charge in [0.2, 0.25) is 5.95 Å². The van der Waals surface area contributed by atoms with E-state index >= 15 is 0 Å². The van der Waals surface area contributed by atoms with Gasteiger partial charge in [0, 0.05) is 10.1 Å². The van der Waals surface area contributed by atoms with Crippen LogP contribution in [0.5, 0.6) is 0 Å². The molecule has 2 aromatic heterocycles. The van der Waals surface area contributed by atoms with Gasteiger partial charge in [-0.25, -0.2) is 14.6 Å². The molecule has 2 saturated heterocycles. The molecule has 2 fully saturated rings. The summed E-state index contributed by atoms with van der Waals surface area (Å²) >= 11 is 0.931. The quantitative estimate of drug-likeness (QED) is 0.355. The molecule has 0 saturated carbocycles. The molecule has 0 spiro atoms. The number of anilines is 1. The summed E-state index contributed by atoms with van der Waals surface area (Å²) in [5.41, 5.74) is 5.37. The summed E-state index contributed by atoms with van der Waals surface area (Å²) in [6, 6.07) is -1.05. The fraction of sp³-hybridized carbons (Fsp3) is 0.750. The van der Waals surface area contributed by atoms with Gasteiger partial charge in [0.15, 0.2) is 18.0 Å². The first-order valence-corrected chi connectivity index (χ1v) is 17.1. The van der Waals surface area contributed by atoms with Crippen molar-refractivity contribution in [3.63, 3.8) is 0 Å². The van der Waals surface area contributed by atoms with Crippen LogP contribution in [0.1, 0.15) is 82.4 Å². The van der Waals surface area contributed by atoms with E-state index in [4.69, 9.17) is 28.8 Å². The lowest BCUT2D eigenvalue weighted by atomic mass is 10.0. The molecule has 4 rings (SSSR count). The number of rotatable bonds is 5. The smallest absolute Gasteiger partial charge is 0.408 e. The molecule has 1 amide bonds. The average Bonchev–Trinajstić information content (AvgIpc) is 3.34. The molecular weight excluding hydrogens is 594 g/mol. The summed E-state index contributed by atoms with van der Waals surface area (Å²) in [6.45, 7) is 21.4. The highest BCUT2D eigenvalue weighted by atomic mass is 32.1. The second-order valence-electron chi connectivity index (χ2n) is 14.5. The van der Waals surface area contributed by atoms with Crippen molar-refractivity contribution < 1.29 is 32.7 Å². The van der Waals surface area contributed by atoms with E-state index in [9.17, 15) is 14.4 Å². The number of nitrogens with two attached hydrogens (primary N) is 1. The fourth-order valence-corrected chi connectivity index (χ4v) is 11.6. The van der Waals surface area contributed by atoms with Crippen LogP contribution in [0.3, 0.4) is 0 Å². The molecule has 4 heterocycles. The molecule has 0 aromatic carbocycles. The Labute approximate surface area is 257 Å². The van der Waals surface area contributed by atoms with Crippen LogP contribution >= 0.6 is 11.3 Å². The van der Waals surface area contributed by atoms with Crippen LogP contribution in [0.25, 0.3) is 10.3 Å². The minimum absolute atomic E-state index is 0.0177. The first kappa shape index (κ1) is 33.3. The van der Waals surface area contributed by atoms with E-state index in [0.717, 1.165) is 11.3 Å². The maximum Gasteiger partial charge on any atom is 0.408 e. The number of aromatic nitrogens is 3. The largest absolute Gasteiger partial charge is 0.453 e. The molecule has 43 heavy (non-hydrogen) atoms. The number of hydrogen-bond acceptors (Lipinski definition) is 12. The van der Waals surface area contributed by atoms with Gasteiger partial charge >= 0.3 is 25.5 Å². The van der Waals surface area contributed by atoms with E-state index in [1.807, 2.05) is 0 Å². The molecule has 0 radical (unpaired) electrons. The highest BCUT2D eigenvalue weighted by molar-refractivity contribution is 7.16. The number of alkyl carbamates (subject to hydrolysis) is 1. The standard InChI is InChI=1S/C28H45N5O8SSi/c1-14(2)17(31-24(35)40-26(3,4)5)22(34)39-19-18-15(13-37-43(41-18,27(6,7)8)28(9,10)11)38-21(19)33-20-16(42-25(33)36)12-30-23(29)32-20/h12,14-15,17-19,21H,13H2,1-11H3,(H,31,35)(H2,29,30,32)/t15-,17-,18+,19-,21-/m1/s1. The van der Waals surface area contributed by atoms with E-state index in [0.29, 0.717) is 4.70 Å².